The van der Waals surface area contributed by atoms with Crippen LogP contribution >= 0.6 is 7.82 Å². The van der Waals surface area contributed by atoms with E-state index in [-0.39, 0.29) is 25.6 Å². The van der Waals surface area contributed by atoms with E-state index in [4.69, 9.17) is 23.6 Å². The molecule has 0 aliphatic rings. The van der Waals surface area contributed by atoms with E-state index < -0.39 is 33.2 Å². The van der Waals surface area contributed by atoms with E-state index in [1.165, 1.54) is 83.5 Å². The van der Waals surface area contributed by atoms with Gasteiger partial charge in [0, 0.05) is 13.0 Å². The summed E-state index contributed by atoms with van der Waals surface area (Å²) in [6.45, 7) is 3.38. The molecule has 0 saturated heterocycles. The lowest BCUT2D eigenvalue weighted by Crippen LogP contribution is -2.29. The summed E-state index contributed by atoms with van der Waals surface area (Å²) >= 11 is 0. The van der Waals surface area contributed by atoms with Crippen molar-refractivity contribution in [2.45, 2.75) is 180 Å². The van der Waals surface area contributed by atoms with Crippen LogP contribution in [0.5, 0.6) is 0 Å². The average Bonchev–Trinajstić information content (AvgIpc) is 3.10. The normalized spacial score (nSPS) is 14.6. The van der Waals surface area contributed by atoms with Crippen molar-refractivity contribution in [2.24, 2.45) is 0 Å². The number of allylic oxidation sites excluding steroid dienone is 6. The van der Waals surface area contributed by atoms with Crippen LogP contribution in [-0.2, 0) is 27.9 Å². The van der Waals surface area contributed by atoms with Gasteiger partial charge in [0.2, 0.25) is 0 Å². The van der Waals surface area contributed by atoms with Gasteiger partial charge >= 0.3 is 13.8 Å². The molecular formula is C40H75O9P. The highest BCUT2D eigenvalue weighted by molar-refractivity contribution is 7.47. The second-order valence-corrected chi connectivity index (χ2v) is 14.7. The third kappa shape index (κ3) is 36.5. The molecule has 3 unspecified atom stereocenters. The van der Waals surface area contributed by atoms with Crippen LogP contribution in [0.25, 0.3) is 0 Å². The molecule has 0 aromatic rings. The summed E-state index contributed by atoms with van der Waals surface area (Å²) in [6, 6.07) is 0. The topological polar surface area (TPSA) is 132 Å². The molecular weight excluding hydrogens is 655 g/mol. The number of esters is 1. The molecule has 0 radical (unpaired) electrons. The minimum absolute atomic E-state index is 0.0459. The van der Waals surface area contributed by atoms with Gasteiger partial charge in [-0.1, -0.05) is 153 Å². The summed E-state index contributed by atoms with van der Waals surface area (Å²) < 4.78 is 33.3. The van der Waals surface area contributed by atoms with Crippen LogP contribution in [-0.4, -0.2) is 66.3 Å². The first kappa shape index (κ1) is 48.7. The Morgan fingerprint density at radius 1 is 0.640 bits per heavy atom. The van der Waals surface area contributed by atoms with Gasteiger partial charge < -0.3 is 24.6 Å². The Bertz CT molecular complexity index is 877. The molecule has 0 rings (SSSR count). The highest BCUT2D eigenvalue weighted by atomic mass is 31.2. The Kier molecular flexibility index (Phi) is 36.4. The van der Waals surface area contributed by atoms with Gasteiger partial charge in [0.05, 0.1) is 26.4 Å². The molecule has 0 fully saturated rings. The molecule has 0 aliphatic heterocycles. The van der Waals surface area contributed by atoms with Gasteiger partial charge in [-0.2, -0.15) is 0 Å². The summed E-state index contributed by atoms with van der Waals surface area (Å²) in [5, 5.41) is 18.3. The average molecular weight is 731 g/mol. The van der Waals surface area contributed by atoms with E-state index in [0.717, 1.165) is 64.2 Å². The fourth-order valence-corrected chi connectivity index (χ4v) is 6.10. The molecule has 0 aliphatic carbocycles. The van der Waals surface area contributed by atoms with E-state index in [0.29, 0.717) is 6.61 Å². The zero-order valence-electron chi connectivity index (χ0n) is 31.9. The second kappa shape index (κ2) is 37.4. The number of carbonyl (C=O) groups excluding carboxylic acids is 1. The predicted molar refractivity (Wildman–Crippen MR) is 205 cm³/mol. The number of hydrogen-bond donors (Lipinski definition) is 3. The van der Waals surface area contributed by atoms with Crippen molar-refractivity contribution in [3.8, 4) is 0 Å². The molecule has 0 aromatic heterocycles. The van der Waals surface area contributed by atoms with Crippen molar-refractivity contribution in [1.29, 1.82) is 0 Å². The SMILES string of the molecule is CC/C=C\C/C=C\C/C=C\CCCCCCCCCCOCC(COP(=O)(O)OCC(O)CO)OC(=O)CCCCCCCCCCCCC. The van der Waals surface area contributed by atoms with E-state index >= 15 is 0 Å². The van der Waals surface area contributed by atoms with E-state index in [2.05, 4.69) is 50.3 Å². The zero-order chi connectivity index (χ0) is 36.8. The first-order valence-electron chi connectivity index (χ1n) is 20.0. The van der Waals surface area contributed by atoms with Crippen LogP contribution in [0.15, 0.2) is 36.5 Å². The Balaban J connectivity index is 4.17. The Morgan fingerprint density at radius 2 is 1.14 bits per heavy atom. The highest BCUT2D eigenvalue weighted by Gasteiger charge is 2.26. The second-order valence-electron chi connectivity index (χ2n) is 13.3. The largest absolute Gasteiger partial charge is 0.472 e. The van der Waals surface area contributed by atoms with Gasteiger partial charge in [-0.15, -0.1) is 0 Å². The molecule has 10 heteroatoms. The van der Waals surface area contributed by atoms with Crippen LogP contribution in [0.1, 0.15) is 168 Å². The van der Waals surface area contributed by atoms with E-state index in [9.17, 15) is 19.4 Å². The summed E-state index contributed by atoms with van der Waals surface area (Å²) in [7, 11) is -4.51. The van der Waals surface area contributed by atoms with E-state index in [1.54, 1.807) is 0 Å². The minimum atomic E-state index is -4.51. The Labute approximate surface area is 305 Å². The summed E-state index contributed by atoms with van der Waals surface area (Å²) in [5.74, 6) is -0.387. The maximum Gasteiger partial charge on any atom is 0.472 e. The van der Waals surface area contributed by atoms with Crippen molar-refractivity contribution < 1.29 is 43.0 Å². The monoisotopic (exact) mass is 731 g/mol. The number of hydrogen-bond acceptors (Lipinski definition) is 8. The number of phosphoric acid groups is 1. The number of rotatable bonds is 38. The predicted octanol–water partition coefficient (Wildman–Crippen LogP) is 10.5. The van der Waals surface area contributed by atoms with Crippen LogP contribution in [0.2, 0.25) is 0 Å². The standard InChI is InChI=1S/C40H75O9P/c1-3-5-7-9-11-13-15-16-17-18-19-20-21-23-25-27-29-31-33-46-36-39(37-48-50(44,45)47-35-38(42)34-41)49-40(43)32-30-28-26-24-22-14-12-10-8-6-4-2/h5,7,11,13,16-17,38-39,41-42H,3-4,6,8-10,12,14-15,18-37H2,1-2H3,(H,44,45)/b7-5-,13-11-,17-16-. The van der Waals surface area contributed by atoms with Gasteiger partial charge in [-0.3, -0.25) is 13.8 Å². The van der Waals surface area contributed by atoms with Crippen molar-refractivity contribution in [3.05, 3.63) is 36.5 Å². The first-order chi connectivity index (χ1) is 24.3. The lowest BCUT2D eigenvalue weighted by molar-refractivity contribution is -0.154. The molecule has 9 nitrogen and oxygen atoms in total. The highest BCUT2D eigenvalue weighted by Crippen LogP contribution is 2.43. The van der Waals surface area contributed by atoms with Crippen molar-refractivity contribution in [2.75, 3.05) is 33.0 Å². The van der Waals surface area contributed by atoms with Gasteiger partial charge in [-0.25, -0.2) is 4.57 Å². The molecule has 0 bridgehead atoms. The third-order valence-corrected chi connectivity index (χ3v) is 9.29. The maximum absolute atomic E-state index is 12.5. The summed E-state index contributed by atoms with van der Waals surface area (Å²) in [5.41, 5.74) is 0. The van der Waals surface area contributed by atoms with Gasteiger partial charge in [0.1, 0.15) is 12.2 Å². The molecule has 0 spiro atoms. The fourth-order valence-electron chi connectivity index (χ4n) is 5.31. The number of ether oxygens (including phenoxy) is 2. The minimum Gasteiger partial charge on any atom is -0.457 e. The first-order valence-corrected chi connectivity index (χ1v) is 21.5. The lowest BCUT2D eigenvalue weighted by atomic mass is 10.1. The zero-order valence-corrected chi connectivity index (χ0v) is 32.8. The number of carbonyl (C=O) groups is 1. The molecule has 294 valence electrons. The van der Waals surface area contributed by atoms with Crippen molar-refractivity contribution in [3.63, 3.8) is 0 Å². The summed E-state index contributed by atoms with van der Waals surface area (Å²) in [4.78, 5) is 22.5. The van der Waals surface area contributed by atoms with Crippen LogP contribution in [0, 0.1) is 0 Å². The molecule has 50 heavy (non-hydrogen) atoms. The number of phosphoric ester groups is 1. The molecule has 3 N–H and O–H groups in total. The smallest absolute Gasteiger partial charge is 0.457 e. The molecule has 0 saturated carbocycles. The number of aliphatic hydroxyl groups excluding tert-OH is 2. The number of unbranched alkanes of at least 4 members (excludes halogenated alkanes) is 18. The molecule has 3 atom stereocenters. The third-order valence-electron chi connectivity index (χ3n) is 8.34. The van der Waals surface area contributed by atoms with Crippen LogP contribution < -0.4 is 0 Å². The fraction of sp³-hybridized carbons (Fsp3) is 0.825. The Morgan fingerprint density at radius 3 is 1.72 bits per heavy atom. The molecule has 0 heterocycles. The lowest BCUT2D eigenvalue weighted by Gasteiger charge is -2.20. The van der Waals surface area contributed by atoms with Crippen molar-refractivity contribution >= 4 is 13.8 Å². The van der Waals surface area contributed by atoms with Gasteiger partial charge in [-0.05, 0) is 44.9 Å². The van der Waals surface area contributed by atoms with E-state index in [1.807, 2.05) is 0 Å². The summed E-state index contributed by atoms with van der Waals surface area (Å²) in [6.07, 6.45) is 38.1. The molecule has 0 amide bonds. The number of aliphatic hydroxyl groups is 2. The molecule has 0 aromatic carbocycles. The Hall–Kier alpha value is -1.32. The van der Waals surface area contributed by atoms with Crippen LogP contribution in [0.3, 0.4) is 0 Å². The van der Waals surface area contributed by atoms with Gasteiger partial charge in [0.15, 0.2) is 0 Å². The maximum atomic E-state index is 12.5. The van der Waals surface area contributed by atoms with Crippen LogP contribution in [0.4, 0.5) is 0 Å². The van der Waals surface area contributed by atoms with Crippen molar-refractivity contribution in [1.82, 2.24) is 0 Å². The quantitative estimate of drug-likeness (QED) is 0.0246. The van der Waals surface area contributed by atoms with Gasteiger partial charge in [0.25, 0.3) is 0 Å².